The molecule has 3 nitrogen and oxygen atoms in total. The first-order chi connectivity index (χ1) is 8.41. The third kappa shape index (κ3) is 4.18. The zero-order valence-electron chi connectivity index (χ0n) is 11.3. The van der Waals surface area contributed by atoms with Crippen LogP contribution in [0.3, 0.4) is 0 Å². The molecule has 0 saturated heterocycles. The Hall–Kier alpha value is -1.29. The van der Waals surface area contributed by atoms with Gasteiger partial charge < -0.3 is 11.2 Å². The van der Waals surface area contributed by atoms with Gasteiger partial charge in [-0.05, 0) is 51.7 Å². The molecule has 0 aromatic carbocycles. The standard InChI is InChI=1S/C14H23N3S/c1-9(2)12-7-5-10(3)13(12)8-6-11(4)16-17-14(15)18/h12,16H,1,4-8H2,2-3H3,(H3,15,17,18)/t12-/m0/s1. The van der Waals surface area contributed by atoms with E-state index in [9.17, 15) is 0 Å². The molecule has 1 rings (SSSR count). The van der Waals surface area contributed by atoms with E-state index in [1.807, 2.05) is 0 Å². The van der Waals surface area contributed by atoms with Gasteiger partial charge in [0.2, 0.25) is 0 Å². The van der Waals surface area contributed by atoms with Crippen molar-refractivity contribution in [1.82, 2.24) is 10.9 Å². The maximum absolute atomic E-state index is 5.34. The lowest BCUT2D eigenvalue weighted by Gasteiger charge is -2.17. The molecule has 0 heterocycles. The van der Waals surface area contributed by atoms with Crippen LogP contribution < -0.4 is 16.6 Å². The first kappa shape index (κ1) is 14.8. The second-order valence-electron chi connectivity index (χ2n) is 4.96. The Bertz CT molecular complexity index is 396. The van der Waals surface area contributed by atoms with Crippen LogP contribution in [0.2, 0.25) is 0 Å². The summed E-state index contributed by atoms with van der Waals surface area (Å²) >= 11 is 4.72. The van der Waals surface area contributed by atoms with E-state index in [4.69, 9.17) is 18.0 Å². The van der Waals surface area contributed by atoms with Crippen molar-refractivity contribution in [2.24, 2.45) is 11.7 Å². The molecule has 0 fully saturated rings. The summed E-state index contributed by atoms with van der Waals surface area (Å²) in [5, 5.41) is 0.229. The van der Waals surface area contributed by atoms with E-state index in [1.54, 1.807) is 0 Å². The second-order valence-corrected chi connectivity index (χ2v) is 5.40. The zero-order valence-corrected chi connectivity index (χ0v) is 12.1. The van der Waals surface area contributed by atoms with Crippen molar-refractivity contribution >= 4 is 17.3 Å². The summed E-state index contributed by atoms with van der Waals surface area (Å²) < 4.78 is 0. The number of rotatable bonds is 6. The molecule has 100 valence electrons. The molecule has 0 bridgehead atoms. The molecule has 0 aromatic rings. The highest BCUT2D eigenvalue weighted by atomic mass is 32.1. The lowest BCUT2D eigenvalue weighted by Crippen LogP contribution is -2.39. The summed E-state index contributed by atoms with van der Waals surface area (Å²) in [6, 6.07) is 0. The van der Waals surface area contributed by atoms with Gasteiger partial charge in [-0.15, -0.1) is 0 Å². The summed E-state index contributed by atoms with van der Waals surface area (Å²) in [7, 11) is 0. The van der Waals surface area contributed by atoms with E-state index in [0.717, 1.165) is 18.5 Å². The average Bonchev–Trinajstić information content (AvgIpc) is 2.65. The Labute approximate surface area is 115 Å². The molecule has 0 saturated carbocycles. The van der Waals surface area contributed by atoms with Crippen molar-refractivity contribution in [2.75, 3.05) is 0 Å². The fourth-order valence-electron chi connectivity index (χ4n) is 2.42. The quantitative estimate of drug-likeness (QED) is 0.393. The highest BCUT2D eigenvalue weighted by molar-refractivity contribution is 7.80. The first-order valence-corrected chi connectivity index (χ1v) is 6.65. The van der Waals surface area contributed by atoms with Crippen LogP contribution in [0.4, 0.5) is 0 Å². The zero-order chi connectivity index (χ0) is 13.7. The minimum atomic E-state index is 0.229. The molecule has 0 radical (unpaired) electrons. The summed E-state index contributed by atoms with van der Waals surface area (Å²) in [4.78, 5) is 0. The average molecular weight is 265 g/mol. The van der Waals surface area contributed by atoms with Crippen molar-refractivity contribution in [3.05, 3.63) is 35.6 Å². The van der Waals surface area contributed by atoms with E-state index < -0.39 is 0 Å². The molecule has 0 aromatic heterocycles. The minimum absolute atomic E-state index is 0.229. The summed E-state index contributed by atoms with van der Waals surface area (Å²) in [5.74, 6) is 0.557. The van der Waals surface area contributed by atoms with E-state index in [0.29, 0.717) is 5.92 Å². The molecular weight excluding hydrogens is 242 g/mol. The van der Waals surface area contributed by atoms with Crippen LogP contribution in [0, 0.1) is 5.92 Å². The molecule has 18 heavy (non-hydrogen) atoms. The van der Waals surface area contributed by atoms with Crippen molar-refractivity contribution < 1.29 is 0 Å². The molecule has 1 atom stereocenters. The van der Waals surface area contributed by atoms with Crippen LogP contribution in [0.5, 0.6) is 0 Å². The maximum Gasteiger partial charge on any atom is 0.182 e. The van der Waals surface area contributed by atoms with E-state index in [1.165, 1.54) is 29.6 Å². The van der Waals surface area contributed by atoms with Gasteiger partial charge >= 0.3 is 0 Å². The SMILES string of the molecule is C=C(CCC1=C(C)CC[C@H]1C(=C)C)NNC(N)=S. The number of hydrogen-bond donors (Lipinski definition) is 3. The predicted octanol–water partition coefficient (Wildman–Crippen LogP) is 2.92. The van der Waals surface area contributed by atoms with Crippen molar-refractivity contribution in [2.45, 2.75) is 39.5 Å². The monoisotopic (exact) mass is 265 g/mol. The largest absolute Gasteiger partial charge is 0.375 e. The topological polar surface area (TPSA) is 50.1 Å². The third-order valence-corrected chi connectivity index (χ3v) is 3.53. The van der Waals surface area contributed by atoms with Crippen molar-refractivity contribution in [3.8, 4) is 0 Å². The molecule has 0 spiro atoms. The fraction of sp³-hybridized carbons (Fsp3) is 0.500. The smallest absolute Gasteiger partial charge is 0.182 e. The van der Waals surface area contributed by atoms with Crippen molar-refractivity contribution in [1.29, 1.82) is 0 Å². The highest BCUT2D eigenvalue weighted by Gasteiger charge is 2.23. The van der Waals surface area contributed by atoms with Gasteiger partial charge in [-0.2, -0.15) is 0 Å². The number of nitrogens with one attached hydrogen (secondary N) is 2. The Balaban J connectivity index is 2.47. The number of thiocarbonyl (C=S) groups is 1. The number of hydrazine groups is 1. The Morgan fingerprint density at radius 2 is 2.11 bits per heavy atom. The van der Waals surface area contributed by atoms with Gasteiger partial charge in [-0.3, -0.25) is 5.43 Å². The number of allylic oxidation sites excluding steroid dienone is 4. The van der Waals surface area contributed by atoms with Crippen molar-refractivity contribution in [3.63, 3.8) is 0 Å². The number of hydrogen-bond acceptors (Lipinski definition) is 2. The lowest BCUT2D eigenvalue weighted by molar-refractivity contribution is 0.650. The van der Waals surface area contributed by atoms with Crippen LogP contribution in [0.1, 0.15) is 39.5 Å². The summed E-state index contributed by atoms with van der Waals surface area (Å²) in [6.07, 6.45) is 4.31. The lowest BCUT2D eigenvalue weighted by atomic mass is 9.91. The third-order valence-electron chi connectivity index (χ3n) is 3.43. The van der Waals surface area contributed by atoms with Gasteiger partial charge in [0.05, 0.1) is 0 Å². The molecular formula is C14H23N3S. The minimum Gasteiger partial charge on any atom is -0.375 e. The van der Waals surface area contributed by atoms with E-state index in [-0.39, 0.29) is 5.11 Å². The van der Waals surface area contributed by atoms with Crippen LogP contribution in [0.25, 0.3) is 0 Å². The van der Waals surface area contributed by atoms with Gasteiger partial charge in [0.25, 0.3) is 0 Å². The van der Waals surface area contributed by atoms with E-state index >= 15 is 0 Å². The Morgan fingerprint density at radius 3 is 2.67 bits per heavy atom. The molecule has 0 aliphatic heterocycles. The van der Waals surface area contributed by atoms with Gasteiger partial charge in [0.1, 0.15) is 0 Å². The van der Waals surface area contributed by atoms with Crippen LogP contribution in [-0.2, 0) is 0 Å². The summed E-state index contributed by atoms with van der Waals surface area (Å²) in [6.45, 7) is 12.4. The van der Waals surface area contributed by atoms with Crippen LogP contribution in [0.15, 0.2) is 35.6 Å². The normalized spacial score (nSPS) is 18.7. The Kier molecular flexibility index (Phi) is 5.41. The van der Waals surface area contributed by atoms with Gasteiger partial charge in [-0.25, -0.2) is 0 Å². The molecule has 4 heteroatoms. The first-order valence-electron chi connectivity index (χ1n) is 6.25. The molecule has 0 amide bonds. The van der Waals surface area contributed by atoms with Crippen LogP contribution in [-0.4, -0.2) is 5.11 Å². The second kappa shape index (κ2) is 6.59. The fourth-order valence-corrected chi connectivity index (χ4v) is 2.47. The van der Waals surface area contributed by atoms with Gasteiger partial charge in [-0.1, -0.05) is 29.9 Å². The summed E-state index contributed by atoms with van der Waals surface area (Å²) in [5.41, 5.74) is 16.1. The van der Waals surface area contributed by atoms with Crippen LogP contribution >= 0.6 is 12.2 Å². The predicted molar refractivity (Wildman–Crippen MR) is 81.7 cm³/mol. The molecule has 4 N–H and O–H groups in total. The molecule has 1 aliphatic rings. The molecule has 1 aliphatic carbocycles. The van der Waals surface area contributed by atoms with Gasteiger partial charge in [0.15, 0.2) is 5.11 Å². The number of nitrogens with two attached hydrogens (primary N) is 1. The maximum atomic E-state index is 5.34. The highest BCUT2D eigenvalue weighted by Crippen LogP contribution is 2.38. The van der Waals surface area contributed by atoms with E-state index in [2.05, 4.69) is 37.9 Å². The Morgan fingerprint density at radius 1 is 1.44 bits per heavy atom. The van der Waals surface area contributed by atoms with Gasteiger partial charge in [0, 0.05) is 11.6 Å². The molecule has 0 unspecified atom stereocenters.